The molecule has 2 rings (SSSR count). The van der Waals surface area contributed by atoms with Crippen LogP contribution in [0.3, 0.4) is 0 Å². The van der Waals surface area contributed by atoms with Crippen molar-refractivity contribution in [3.05, 3.63) is 64.7 Å². The Morgan fingerprint density at radius 2 is 1.87 bits per heavy atom. The largest absolute Gasteiger partial charge is 0.484 e. The van der Waals surface area contributed by atoms with Crippen LogP contribution in [0.2, 0.25) is 5.02 Å². The number of hydrogen-bond acceptors (Lipinski definition) is 3. The first kappa shape index (κ1) is 23.7. The molecule has 0 fully saturated rings. The minimum Gasteiger partial charge on any atom is -0.484 e. The van der Waals surface area contributed by atoms with Gasteiger partial charge >= 0.3 is 0 Å². The van der Waals surface area contributed by atoms with Gasteiger partial charge in [0, 0.05) is 18.1 Å². The number of carbonyl (C=O) groups is 2. The van der Waals surface area contributed by atoms with E-state index in [2.05, 4.69) is 5.32 Å². The molecule has 2 amide bonds. The van der Waals surface area contributed by atoms with Crippen molar-refractivity contribution in [2.24, 2.45) is 5.92 Å². The number of benzene rings is 2. The lowest BCUT2D eigenvalue weighted by molar-refractivity contribution is -0.143. The summed E-state index contributed by atoms with van der Waals surface area (Å²) in [6.45, 7) is 8.74. The SMILES string of the molecule is CC[C@@H](C(=O)NCC(C)C)N(Cc1ccccc1C)C(=O)COc1cccc(Cl)c1. The molecular weight excluding hydrogens is 400 g/mol. The Labute approximate surface area is 184 Å². The zero-order valence-corrected chi connectivity index (χ0v) is 18.9. The Balaban J connectivity index is 2.21. The lowest BCUT2D eigenvalue weighted by atomic mass is 10.1. The Bertz CT molecular complexity index is 854. The van der Waals surface area contributed by atoms with Crippen LogP contribution in [0.5, 0.6) is 5.75 Å². The number of amides is 2. The molecule has 0 saturated heterocycles. The number of hydrogen-bond donors (Lipinski definition) is 1. The van der Waals surface area contributed by atoms with Gasteiger partial charge in [-0.2, -0.15) is 0 Å². The molecule has 5 nitrogen and oxygen atoms in total. The van der Waals surface area contributed by atoms with Gasteiger partial charge in [-0.1, -0.05) is 62.7 Å². The first-order chi connectivity index (χ1) is 14.3. The first-order valence-electron chi connectivity index (χ1n) is 10.3. The second-order valence-corrected chi connectivity index (χ2v) is 8.19. The number of rotatable bonds is 10. The molecular formula is C24H31ClN2O3. The fraction of sp³-hybridized carbons (Fsp3) is 0.417. The Morgan fingerprint density at radius 3 is 2.50 bits per heavy atom. The summed E-state index contributed by atoms with van der Waals surface area (Å²) in [4.78, 5) is 27.6. The molecule has 0 bridgehead atoms. The van der Waals surface area contributed by atoms with Crippen molar-refractivity contribution in [2.75, 3.05) is 13.2 Å². The van der Waals surface area contributed by atoms with E-state index in [-0.39, 0.29) is 18.4 Å². The van der Waals surface area contributed by atoms with Crippen LogP contribution in [0.1, 0.15) is 38.3 Å². The molecule has 2 aromatic carbocycles. The average molecular weight is 431 g/mol. The summed E-state index contributed by atoms with van der Waals surface area (Å²) in [7, 11) is 0. The lowest BCUT2D eigenvalue weighted by Crippen LogP contribution is -2.50. The Hall–Kier alpha value is -2.53. The van der Waals surface area contributed by atoms with Gasteiger partial charge in [0.1, 0.15) is 11.8 Å². The smallest absolute Gasteiger partial charge is 0.261 e. The number of ether oxygens (including phenoxy) is 1. The van der Waals surface area contributed by atoms with E-state index >= 15 is 0 Å². The van der Waals surface area contributed by atoms with Gasteiger partial charge in [0.25, 0.3) is 5.91 Å². The molecule has 162 valence electrons. The number of halogens is 1. The third kappa shape index (κ3) is 7.06. The predicted octanol–water partition coefficient (Wildman–Crippen LogP) is 4.61. The summed E-state index contributed by atoms with van der Waals surface area (Å²) in [6, 6.07) is 14.2. The van der Waals surface area contributed by atoms with Crippen molar-refractivity contribution in [1.82, 2.24) is 10.2 Å². The molecule has 2 aromatic rings. The standard InChI is InChI=1S/C24H31ClN2O3/c1-5-22(24(29)26-14-17(2)3)27(15-19-10-7-6-9-18(19)4)23(28)16-30-21-12-8-11-20(25)13-21/h6-13,17,22H,5,14-16H2,1-4H3,(H,26,29)/t22-/m0/s1. The van der Waals surface area contributed by atoms with E-state index in [0.29, 0.717) is 36.2 Å². The molecule has 0 spiro atoms. The van der Waals surface area contributed by atoms with Crippen LogP contribution < -0.4 is 10.1 Å². The lowest BCUT2D eigenvalue weighted by Gasteiger charge is -2.31. The highest BCUT2D eigenvalue weighted by molar-refractivity contribution is 6.30. The van der Waals surface area contributed by atoms with Crippen molar-refractivity contribution in [1.29, 1.82) is 0 Å². The highest BCUT2D eigenvalue weighted by Crippen LogP contribution is 2.19. The second-order valence-electron chi connectivity index (χ2n) is 7.76. The molecule has 0 heterocycles. The van der Waals surface area contributed by atoms with Crippen LogP contribution in [-0.4, -0.2) is 35.9 Å². The molecule has 30 heavy (non-hydrogen) atoms. The first-order valence-corrected chi connectivity index (χ1v) is 10.7. The van der Waals surface area contributed by atoms with E-state index in [0.717, 1.165) is 11.1 Å². The van der Waals surface area contributed by atoms with Gasteiger partial charge in [-0.15, -0.1) is 0 Å². The van der Waals surface area contributed by atoms with E-state index in [1.165, 1.54) is 0 Å². The maximum atomic E-state index is 13.1. The quantitative estimate of drug-likeness (QED) is 0.598. The van der Waals surface area contributed by atoms with E-state index in [9.17, 15) is 9.59 Å². The van der Waals surface area contributed by atoms with E-state index in [1.807, 2.05) is 52.0 Å². The molecule has 1 atom stereocenters. The average Bonchev–Trinajstić information content (AvgIpc) is 2.71. The van der Waals surface area contributed by atoms with Crippen molar-refractivity contribution in [3.8, 4) is 5.75 Å². The summed E-state index contributed by atoms with van der Waals surface area (Å²) >= 11 is 5.99. The van der Waals surface area contributed by atoms with Crippen LogP contribution in [0, 0.1) is 12.8 Å². The zero-order chi connectivity index (χ0) is 22.1. The summed E-state index contributed by atoms with van der Waals surface area (Å²) in [6.07, 6.45) is 0.513. The minimum atomic E-state index is -0.571. The molecule has 0 aliphatic carbocycles. The number of carbonyl (C=O) groups excluding carboxylic acids is 2. The van der Waals surface area contributed by atoms with Crippen molar-refractivity contribution in [3.63, 3.8) is 0 Å². The van der Waals surface area contributed by atoms with Crippen LogP contribution in [-0.2, 0) is 16.1 Å². The molecule has 0 aliphatic rings. The number of nitrogens with one attached hydrogen (secondary N) is 1. The van der Waals surface area contributed by atoms with Crippen LogP contribution in [0.15, 0.2) is 48.5 Å². The Kier molecular flexibility index (Phi) is 9.18. The maximum absolute atomic E-state index is 13.1. The molecule has 6 heteroatoms. The summed E-state index contributed by atoms with van der Waals surface area (Å²) in [5, 5.41) is 3.50. The number of aryl methyl sites for hydroxylation is 1. The van der Waals surface area contributed by atoms with Crippen molar-refractivity contribution >= 4 is 23.4 Å². The second kappa shape index (κ2) is 11.6. The van der Waals surface area contributed by atoms with Gasteiger partial charge in [0.2, 0.25) is 5.91 Å². The topological polar surface area (TPSA) is 58.6 Å². The molecule has 0 radical (unpaired) electrons. The highest BCUT2D eigenvalue weighted by Gasteiger charge is 2.29. The molecule has 0 aliphatic heterocycles. The van der Waals surface area contributed by atoms with Crippen LogP contribution in [0.4, 0.5) is 0 Å². The minimum absolute atomic E-state index is 0.143. The Morgan fingerprint density at radius 1 is 1.13 bits per heavy atom. The molecule has 1 N–H and O–H groups in total. The van der Waals surface area contributed by atoms with E-state index < -0.39 is 6.04 Å². The number of nitrogens with zero attached hydrogens (tertiary/aromatic N) is 1. The fourth-order valence-corrected chi connectivity index (χ4v) is 3.28. The summed E-state index contributed by atoms with van der Waals surface area (Å²) < 4.78 is 5.66. The third-order valence-corrected chi connectivity index (χ3v) is 5.07. The predicted molar refractivity (Wildman–Crippen MR) is 121 cm³/mol. The van der Waals surface area contributed by atoms with E-state index in [4.69, 9.17) is 16.3 Å². The van der Waals surface area contributed by atoms with Gasteiger partial charge in [0.05, 0.1) is 0 Å². The van der Waals surface area contributed by atoms with Gasteiger partial charge in [-0.05, 0) is 48.6 Å². The van der Waals surface area contributed by atoms with Gasteiger partial charge in [-0.25, -0.2) is 0 Å². The summed E-state index contributed by atoms with van der Waals surface area (Å²) in [5.41, 5.74) is 2.08. The van der Waals surface area contributed by atoms with E-state index in [1.54, 1.807) is 29.2 Å². The monoisotopic (exact) mass is 430 g/mol. The molecule has 0 aromatic heterocycles. The third-order valence-electron chi connectivity index (χ3n) is 4.83. The van der Waals surface area contributed by atoms with Crippen LogP contribution >= 0.6 is 11.6 Å². The fourth-order valence-electron chi connectivity index (χ4n) is 3.10. The van der Waals surface area contributed by atoms with Gasteiger partial charge < -0.3 is 15.0 Å². The molecule has 0 saturated carbocycles. The van der Waals surface area contributed by atoms with Crippen LogP contribution in [0.25, 0.3) is 0 Å². The van der Waals surface area contributed by atoms with Gasteiger partial charge in [-0.3, -0.25) is 9.59 Å². The van der Waals surface area contributed by atoms with Gasteiger partial charge in [0.15, 0.2) is 6.61 Å². The zero-order valence-electron chi connectivity index (χ0n) is 18.2. The molecule has 0 unspecified atom stereocenters. The van der Waals surface area contributed by atoms with Crippen molar-refractivity contribution < 1.29 is 14.3 Å². The summed E-state index contributed by atoms with van der Waals surface area (Å²) in [5.74, 6) is 0.461. The maximum Gasteiger partial charge on any atom is 0.261 e. The van der Waals surface area contributed by atoms with Crippen molar-refractivity contribution in [2.45, 2.75) is 46.7 Å². The highest BCUT2D eigenvalue weighted by atomic mass is 35.5. The normalized spacial score (nSPS) is 11.8.